The fraction of sp³-hybridized carbons (Fsp3) is 0.222. The molecule has 2 aromatic carbocycles. The lowest BCUT2D eigenvalue weighted by Gasteiger charge is -2.25. The molecule has 3 aromatic rings. The van der Waals surface area contributed by atoms with Crippen molar-refractivity contribution in [2.45, 2.75) is 32.4 Å². The number of rotatable bonds is 8. The molecule has 0 unspecified atom stereocenters. The first-order valence-corrected chi connectivity index (χ1v) is 11.2. The van der Waals surface area contributed by atoms with E-state index in [1.165, 1.54) is 17.0 Å². The number of nitrogens with zero attached hydrogens (tertiary/aromatic N) is 2. The zero-order valence-electron chi connectivity index (χ0n) is 18.8. The van der Waals surface area contributed by atoms with Crippen LogP contribution in [0.25, 0.3) is 5.76 Å². The van der Waals surface area contributed by atoms with Crippen LogP contribution in [0.4, 0.5) is 0 Å². The second-order valence-corrected chi connectivity index (χ2v) is 8.11. The maximum Gasteiger partial charge on any atom is 0.295 e. The predicted molar refractivity (Wildman–Crippen MR) is 127 cm³/mol. The Balaban J connectivity index is 1.74. The third-order valence-corrected chi connectivity index (χ3v) is 5.72. The van der Waals surface area contributed by atoms with E-state index < -0.39 is 17.7 Å². The second-order valence-electron chi connectivity index (χ2n) is 8.11. The van der Waals surface area contributed by atoms with Gasteiger partial charge in [-0.2, -0.15) is 0 Å². The monoisotopic (exact) mass is 458 g/mol. The standard InChI is InChI=1S/C27H26N2O5/c1-2-3-15-34-22-12-8-20(9-13-22)25(31)23-24(19-6-10-21(30)11-7-19)29(27(33)26(23)32)17-18-5-4-14-28-16-18/h4-14,16,24,30-31H,2-3,15,17H2,1H3/b25-23+/t24-/m0/s1. The van der Waals surface area contributed by atoms with Crippen LogP contribution < -0.4 is 4.74 Å². The first kappa shape index (κ1) is 23.0. The molecular formula is C27H26N2O5. The molecule has 174 valence electrons. The number of aliphatic hydroxyl groups is 1. The maximum atomic E-state index is 13.1. The molecule has 0 bridgehead atoms. The largest absolute Gasteiger partial charge is 0.508 e. The summed E-state index contributed by atoms with van der Waals surface area (Å²) in [6.07, 6.45) is 5.22. The van der Waals surface area contributed by atoms with Gasteiger partial charge in [0, 0.05) is 24.5 Å². The number of unbranched alkanes of at least 4 members (excludes halogenated alkanes) is 1. The van der Waals surface area contributed by atoms with Gasteiger partial charge in [-0.25, -0.2) is 0 Å². The van der Waals surface area contributed by atoms with E-state index in [4.69, 9.17) is 4.74 Å². The van der Waals surface area contributed by atoms with Gasteiger partial charge in [0.1, 0.15) is 17.3 Å². The summed E-state index contributed by atoms with van der Waals surface area (Å²) in [5, 5.41) is 20.9. The van der Waals surface area contributed by atoms with E-state index in [2.05, 4.69) is 11.9 Å². The number of Topliss-reactive ketones (excluding diaryl/α,β-unsaturated/α-hetero) is 1. The van der Waals surface area contributed by atoms with Crippen LogP contribution in [-0.2, 0) is 16.1 Å². The molecule has 1 saturated heterocycles. The molecule has 7 heteroatoms. The van der Waals surface area contributed by atoms with Gasteiger partial charge in [-0.1, -0.05) is 31.5 Å². The van der Waals surface area contributed by atoms with Crippen LogP contribution in [0, 0.1) is 0 Å². The minimum Gasteiger partial charge on any atom is -0.508 e. The van der Waals surface area contributed by atoms with E-state index in [-0.39, 0.29) is 23.6 Å². The molecule has 0 spiro atoms. The molecule has 34 heavy (non-hydrogen) atoms. The van der Waals surface area contributed by atoms with E-state index in [1.807, 2.05) is 6.07 Å². The molecule has 0 radical (unpaired) electrons. The Morgan fingerprint density at radius 2 is 1.79 bits per heavy atom. The number of hydrogen-bond donors (Lipinski definition) is 2. The van der Waals surface area contributed by atoms with Gasteiger partial charge in [-0.05, 0) is 60.0 Å². The van der Waals surface area contributed by atoms with E-state index >= 15 is 0 Å². The molecule has 1 atom stereocenters. The molecule has 1 aliphatic heterocycles. The zero-order chi connectivity index (χ0) is 24.1. The highest BCUT2D eigenvalue weighted by Crippen LogP contribution is 2.40. The zero-order valence-corrected chi connectivity index (χ0v) is 18.8. The number of carbonyl (C=O) groups excluding carboxylic acids is 2. The maximum absolute atomic E-state index is 13.1. The van der Waals surface area contributed by atoms with Gasteiger partial charge in [0.25, 0.3) is 11.7 Å². The first-order chi connectivity index (χ1) is 16.5. The van der Waals surface area contributed by atoms with Gasteiger partial charge >= 0.3 is 0 Å². The number of aromatic nitrogens is 1. The van der Waals surface area contributed by atoms with E-state index in [0.29, 0.717) is 23.5 Å². The highest BCUT2D eigenvalue weighted by molar-refractivity contribution is 6.46. The summed E-state index contributed by atoms with van der Waals surface area (Å²) in [6, 6.07) is 15.8. The number of ether oxygens (including phenoxy) is 1. The fourth-order valence-electron chi connectivity index (χ4n) is 3.93. The van der Waals surface area contributed by atoms with Crippen LogP contribution in [0.3, 0.4) is 0 Å². The number of likely N-dealkylation sites (tertiary alicyclic amines) is 1. The van der Waals surface area contributed by atoms with Gasteiger partial charge in [0.2, 0.25) is 0 Å². The number of hydrogen-bond acceptors (Lipinski definition) is 6. The Labute approximate surface area is 198 Å². The molecule has 1 aromatic heterocycles. The number of amides is 1. The minimum atomic E-state index is -0.818. The molecule has 7 nitrogen and oxygen atoms in total. The molecule has 1 aliphatic rings. The Morgan fingerprint density at radius 1 is 1.06 bits per heavy atom. The molecule has 1 fully saturated rings. The van der Waals surface area contributed by atoms with Gasteiger partial charge < -0.3 is 19.8 Å². The fourth-order valence-corrected chi connectivity index (χ4v) is 3.93. The van der Waals surface area contributed by atoms with E-state index in [0.717, 1.165) is 18.4 Å². The summed E-state index contributed by atoms with van der Waals surface area (Å²) < 4.78 is 5.67. The lowest BCUT2D eigenvalue weighted by molar-refractivity contribution is -0.140. The van der Waals surface area contributed by atoms with E-state index in [9.17, 15) is 19.8 Å². The van der Waals surface area contributed by atoms with Crippen molar-refractivity contribution in [2.75, 3.05) is 6.61 Å². The van der Waals surface area contributed by atoms with Crippen LogP contribution in [-0.4, -0.2) is 38.4 Å². The summed E-state index contributed by atoms with van der Waals surface area (Å²) in [7, 11) is 0. The smallest absolute Gasteiger partial charge is 0.295 e. The molecule has 2 N–H and O–H groups in total. The van der Waals surface area contributed by atoms with Crippen molar-refractivity contribution in [1.82, 2.24) is 9.88 Å². The molecule has 0 saturated carbocycles. The van der Waals surface area contributed by atoms with Crippen LogP contribution in [0.2, 0.25) is 0 Å². The number of benzene rings is 2. The Hall–Kier alpha value is -4.13. The quantitative estimate of drug-likeness (QED) is 0.222. The van der Waals surface area contributed by atoms with Crippen molar-refractivity contribution >= 4 is 17.4 Å². The first-order valence-electron chi connectivity index (χ1n) is 11.2. The number of phenols is 1. The summed E-state index contributed by atoms with van der Waals surface area (Å²) in [4.78, 5) is 31.7. The minimum absolute atomic E-state index is 0.000712. The third kappa shape index (κ3) is 4.78. The number of aromatic hydroxyl groups is 1. The van der Waals surface area contributed by atoms with Crippen LogP contribution in [0.15, 0.2) is 78.6 Å². The number of phenolic OH excluding ortho intramolecular Hbond substituents is 1. The van der Waals surface area contributed by atoms with Crippen molar-refractivity contribution in [2.24, 2.45) is 0 Å². The molecule has 0 aliphatic carbocycles. The Bertz CT molecular complexity index is 1190. The van der Waals surface area contributed by atoms with E-state index in [1.54, 1.807) is 54.9 Å². The summed E-state index contributed by atoms with van der Waals surface area (Å²) in [5.41, 5.74) is 1.76. The average molecular weight is 459 g/mol. The summed E-state index contributed by atoms with van der Waals surface area (Å²) >= 11 is 0. The highest BCUT2D eigenvalue weighted by atomic mass is 16.5. The van der Waals surface area contributed by atoms with Crippen LogP contribution in [0.5, 0.6) is 11.5 Å². The third-order valence-electron chi connectivity index (χ3n) is 5.72. The number of pyridine rings is 1. The van der Waals surface area contributed by atoms with Crippen molar-refractivity contribution in [3.63, 3.8) is 0 Å². The molecular weight excluding hydrogens is 432 g/mol. The Morgan fingerprint density at radius 3 is 2.44 bits per heavy atom. The lowest BCUT2D eigenvalue weighted by atomic mass is 9.95. The van der Waals surface area contributed by atoms with Crippen molar-refractivity contribution < 1.29 is 24.5 Å². The number of ketones is 1. The van der Waals surface area contributed by atoms with Gasteiger partial charge in [-0.3, -0.25) is 14.6 Å². The lowest BCUT2D eigenvalue weighted by Crippen LogP contribution is -2.29. The second kappa shape index (κ2) is 10.2. The summed E-state index contributed by atoms with van der Waals surface area (Å²) in [6.45, 7) is 2.83. The van der Waals surface area contributed by atoms with Crippen molar-refractivity contribution in [1.29, 1.82) is 0 Å². The van der Waals surface area contributed by atoms with Crippen molar-refractivity contribution in [3.8, 4) is 11.5 Å². The SMILES string of the molecule is CCCCOc1ccc(/C(O)=C2\C(=O)C(=O)N(Cc3cccnc3)[C@H]2c2ccc(O)cc2)cc1. The molecule has 1 amide bonds. The van der Waals surface area contributed by atoms with Crippen LogP contribution >= 0.6 is 0 Å². The summed E-state index contributed by atoms with van der Waals surface area (Å²) in [5.74, 6) is -1.00. The molecule has 4 rings (SSSR count). The van der Waals surface area contributed by atoms with Gasteiger partial charge in [-0.15, -0.1) is 0 Å². The van der Waals surface area contributed by atoms with Gasteiger partial charge in [0.05, 0.1) is 18.2 Å². The Kier molecular flexibility index (Phi) is 6.92. The number of carbonyl (C=O) groups is 2. The predicted octanol–water partition coefficient (Wildman–Crippen LogP) is 4.59. The average Bonchev–Trinajstić information content (AvgIpc) is 3.10. The normalized spacial score (nSPS) is 17.2. The molecule has 2 heterocycles. The number of aliphatic hydroxyl groups excluding tert-OH is 1. The van der Waals surface area contributed by atoms with Crippen molar-refractivity contribution in [3.05, 3.63) is 95.3 Å². The van der Waals surface area contributed by atoms with Crippen LogP contribution in [0.1, 0.15) is 42.5 Å². The highest BCUT2D eigenvalue weighted by Gasteiger charge is 2.46. The van der Waals surface area contributed by atoms with Gasteiger partial charge in [0.15, 0.2) is 0 Å². The topological polar surface area (TPSA) is 100.0 Å².